The maximum atomic E-state index is 5.76. The van der Waals surface area contributed by atoms with Crippen LogP contribution in [0.1, 0.15) is 30.9 Å². The Morgan fingerprint density at radius 3 is 2.95 bits per heavy atom. The highest BCUT2D eigenvalue weighted by Crippen LogP contribution is 2.23. The highest BCUT2D eigenvalue weighted by molar-refractivity contribution is 5.37. The van der Waals surface area contributed by atoms with Gasteiger partial charge in [0.25, 0.3) is 0 Å². The van der Waals surface area contributed by atoms with Crippen LogP contribution in [-0.2, 0) is 17.8 Å². The van der Waals surface area contributed by atoms with Crippen molar-refractivity contribution in [1.29, 1.82) is 0 Å². The molecule has 1 aromatic carbocycles. The molecule has 0 spiro atoms. The van der Waals surface area contributed by atoms with Crippen LogP contribution in [-0.4, -0.2) is 37.8 Å². The van der Waals surface area contributed by atoms with Gasteiger partial charge in [-0.25, -0.2) is 0 Å². The minimum absolute atomic E-state index is 0.373. The van der Waals surface area contributed by atoms with Crippen molar-refractivity contribution < 1.29 is 9.47 Å². The fourth-order valence-electron chi connectivity index (χ4n) is 2.85. The number of piperidine rings is 1. The predicted octanol–water partition coefficient (Wildman–Crippen LogP) is 2.15. The van der Waals surface area contributed by atoms with E-state index >= 15 is 0 Å². The number of ether oxygens (including phenoxy) is 2. The van der Waals surface area contributed by atoms with E-state index in [0.717, 1.165) is 37.6 Å². The summed E-state index contributed by atoms with van der Waals surface area (Å²) >= 11 is 0. The molecule has 4 heteroatoms. The van der Waals surface area contributed by atoms with Gasteiger partial charge in [-0.3, -0.25) is 4.90 Å². The molecular formula is C16H26N2O2. The van der Waals surface area contributed by atoms with Gasteiger partial charge in [0.15, 0.2) is 0 Å². The second-order valence-electron chi connectivity index (χ2n) is 5.31. The van der Waals surface area contributed by atoms with Gasteiger partial charge in [-0.05, 0) is 44.0 Å². The summed E-state index contributed by atoms with van der Waals surface area (Å²) in [7, 11) is 1.72. The Morgan fingerprint density at radius 2 is 2.25 bits per heavy atom. The first-order valence-corrected chi connectivity index (χ1v) is 7.46. The van der Waals surface area contributed by atoms with E-state index in [4.69, 9.17) is 15.2 Å². The van der Waals surface area contributed by atoms with Crippen LogP contribution in [0.3, 0.4) is 0 Å². The molecule has 2 N–H and O–H groups in total. The van der Waals surface area contributed by atoms with Crippen molar-refractivity contribution in [3.8, 4) is 5.75 Å². The topological polar surface area (TPSA) is 47.7 Å². The zero-order valence-corrected chi connectivity index (χ0v) is 12.6. The Labute approximate surface area is 121 Å². The van der Waals surface area contributed by atoms with Crippen LogP contribution in [0.15, 0.2) is 18.2 Å². The number of benzene rings is 1. The lowest BCUT2D eigenvalue weighted by Crippen LogP contribution is -2.39. The number of rotatable bonds is 6. The Morgan fingerprint density at radius 1 is 1.40 bits per heavy atom. The quantitative estimate of drug-likeness (QED) is 0.866. The number of hydrogen-bond donors (Lipinski definition) is 1. The lowest BCUT2D eigenvalue weighted by molar-refractivity contribution is 0.00346. The molecule has 1 aliphatic heterocycles. The van der Waals surface area contributed by atoms with E-state index in [9.17, 15) is 0 Å². The summed E-state index contributed by atoms with van der Waals surface area (Å²) in [5.74, 6) is 0.945. The molecule has 0 bridgehead atoms. The summed E-state index contributed by atoms with van der Waals surface area (Å²) in [5.41, 5.74) is 8.10. The molecule has 1 aromatic rings. The van der Waals surface area contributed by atoms with Gasteiger partial charge < -0.3 is 15.2 Å². The van der Waals surface area contributed by atoms with Crippen molar-refractivity contribution in [3.05, 3.63) is 29.3 Å². The first-order valence-electron chi connectivity index (χ1n) is 7.46. The molecule has 1 heterocycles. The number of methoxy groups -OCH3 is 1. The van der Waals surface area contributed by atoms with Crippen LogP contribution in [0.4, 0.5) is 0 Å². The SMILES string of the molecule is CCOC1CCCN(Cc2cc(CN)ccc2OC)C1. The first kappa shape index (κ1) is 15.3. The van der Waals surface area contributed by atoms with Gasteiger partial charge in [0.2, 0.25) is 0 Å². The van der Waals surface area contributed by atoms with Crippen molar-refractivity contribution >= 4 is 0 Å². The Bertz CT molecular complexity index is 421. The second-order valence-corrected chi connectivity index (χ2v) is 5.31. The third kappa shape index (κ3) is 3.95. The molecule has 0 radical (unpaired) electrons. The standard InChI is InChI=1S/C16H26N2O2/c1-3-20-15-5-4-8-18(12-15)11-14-9-13(10-17)6-7-16(14)19-2/h6-7,9,15H,3-5,8,10-12,17H2,1-2H3. The van der Waals surface area contributed by atoms with Gasteiger partial charge in [0.1, 0.15) is 5.75 Å². The molecule has 0 amide bonds. The summed E-state index contributed by atoms with van der Waals surface area (Å²) in [6.45, 7) is 6.46. The number of likely N-dealkylation sites (tertiary alicyclic amines) is 1. The average Bonchev–Trinajstić information content (AvgIpc) is 2.48. The number of nitrogens with two attached hydrogens (primary N) is 1. The minimum atomic E-state index is 0.373. The van der Waals surface area contributed by atoms with Gasteiger partial charge in [-0.1, -0.05) is 6.07 Å². The van der Waals surface area contributed by atoms with Crippen LogP contribution < -0.4 is 10.5 Å². The molecule has 2 rings (SSSR count). The summed E-state index contributed by atoms with van der Waals surface area (Å²) in [4.78, 5) is 2.45. The Balaban J connectivity index is 2.04. The summed E-state index contributed by atoms with van der Waals surface area (Å²) in [6, 6.07) is 6.20. The predicted molar refractivity (Wildman–Crippen MR) is 80.8 cm³/mol. The van der Waals surface area contributed by atoms with Crippen LogP contribution in [0, 0.1) is 0 Å². The molecule has 1 atom stereocenters. The fourth-order valence-corrected chi connectivity index (χ4v) is 2.85. The molecule has 1 saturated heterocycles. The molecule has 0 aliphatic carbocycles. The fraction of sp³-hybridized carbons (Fsp3) is 0.625. The van der Waals surface area contributed by atoms with Gasteiger partial charge >= 0.3 is 0 Å². The largest absolute Gasteiger partial charge is 0.496 e. The van der Waals surface area contributed by atoms with Crippen molar-refractivity contribution in [2.45, 2.75) is 39.0 Å². The maximum absolute atomic E-state index is 5.76. The molecule has 20 heavy (non-hydrogen) atoms. The maximum Gasteiger partial charge on any atom is 0.123 e. The van der Waals surface area contributed by atoms with Crippen molar-refractivity contribution in [2.75, 3.05) is 26.8 Å². The monoisotopic (exact) mass is 278 g/mol. The van der Waals surface area contributed by atoms with Crippen molar-refractivity contribution in [3.63, 3.8) is 0 Å². The smallest absolute Gasteiger partial charge is 0.123 e. The third-order valence-corrected chi connectivity index (χ3v) is 3.84. The average molecular weight is 278 g/mol. The van der Waals surface area contributed by atoms with Gasteiger partial charge in [-0.2, -0.15) is 0 Å². The van der Waals surface area contributed by atoms with Crippen molar-refractivity contribution in [2.24, 2.45) is 5.73 Å². The van der Waals surface area contributed by atoms with Gasteiger partial charge in [-0.15, -0.1) is 0 Å². The minimum Gasteiger partial charge on any atom is -0.496 e. The summed E-state index contributed by atoms with van der Waals surface area (Å²) in [6.07, 6.45) is 2.74. The number of nitrogens with zero attached hydrogens (tertiary/aromatic N) is 1. The third-order valence-electron chi connectivity index (χ3n) is 3.84. The normalized spacial score (nSPS) is 20.1. The zero-order valence-electron chi connectivity index (χ0n) is 12.6. The molecule has 1 fully saturated rings. The molecule has 0 saturated carbocycles. The van der Waals surface area contributed by atoms with Crippen LogP contribution in [0.2, 0.25) is 0 Å². The molecule has 1 unspecified atom stereocenters. The van der Waals surface area contributed by atoms with Gasteiger partial charge in [0.05, 0.1) is 13.2 Å². The lowest BCUT2D eigenvalue weighted by Gasteiger charge is -2.32. The van der Waals surface area contributed by atoms with Crippen molar-refractivity contribution in [1.82, 2.24) is 4.90 Å². The zero-order chi connectivity index (χ0) is 14.4. The van der Waals surface area contributed by atoms with E-state index in [0.29, 0.717) is 12.6 Å². The number of hydrogen-bond acceptors (Lipinski definition) is 4. The summed E-state index contributed by atoms with van der Waals surface area (Å²) in [5, 5.41) is 0. The molecule has 0 aromatic heterocycles. The Hall–Kier alpha value is -1.10. The van der Waals surface area contributed by atoms with E-state index < -0.39 is 0 Å². The highest BCUT2D eigenvalue weighted by Gasteiger charge is 2.21. The van der Waals surface area contributed by atoms with Crippen LogP contribution in [0.25, 0.3) is 0 Å². The highest BCUT2D eigenvalue weighted by atomic mass is 16.5. The summed E-state index contributed by atoms with van der Waals surface area (Å²) < 4.78 is 11.2. The van der Waals surface area contributed by atoms with E-state index in [1.807, 2.05) is 12.1 Å². The van der Waals surface area contributed by atoms with Gasteiger partial charge in [0, 0.05) is 31.8 Å². The lowest BCUT2D eigenvalue weighted by atomic mass is 10.1. The van der Waals surface area contributed by atoms with E-state index in [1.54, 1.807) is 7.11 Å². The molecule has 112 valence electrons. The Kier molecular flexibility index (Phi) is 5.83. The molecule has 1 aliphatic rings. The van der Waals surface area contributed by atoms with E-state index in [2.05, 4.69) is 17.9 Å². The molecular weight excluding hydrogens is 252 g/mol. The van der Waals surface area contributed by atoms with E-state index in [-0.39, 0.29) is 0 Å². The first-order chi connectivity index (χ1) is 9.76. The molecule has 4 nitrogen and oxygen atoms in total. The van der Waals surface area contributed by atoms with Crippen LogP contribution in [0.5, 0.6) is 5.75 Å². The van der Waals surface area contributed by atoms with Crippen LogP contribution >= 0.6 is 0 Å². The second kappa shape index (κ2) is 7.62. The van der Waals surface area contributed by atoms with E-state index in [1.165, 1.54) is 18.4 Å².